The van der Waals surface area contributed by atoms with E-state index in [0.717, 1.165) is 5.92 Å². The van der Waals surface area contributed by atoms with E-state index in [1.54, 1.807) is 0 Å². The van der Waals surface area contributed by atoms with Crippen molar-refractivity contribution < 1.29 is 0 Å². The molecule has 0 aromatic heterocycles. The first-order valence-corrected chi connectivity index (χ1v) is 11.2. The molecule has 0 aromatic rings. The Hall–Kier alpha value is -0.0400. The average molecular weight is 340 g/mol. The lowest BCUT2D eigenvalue weighted by Crippen LogP contribution is -2.41. The van der Waals surface area contributed by atoms with E-state index in [0.29, 0.717) is 6.04 Å². The van der Waals surface area contributed by atoms with Gasteiger partial charge in [-0.3, -0.25) is 0 Å². The predicted octanol–water partition coefficient (Wildman–Crippen LogP) is 7.87. The number of rotatable bonds is 17. The molecule has 146 valence electrons. The van der Waals surface area contributed by atoms with Gasteiger partial charge >= 0.3 is 0 Å². The summed E-state index contributed by atoms with van der Waals surface area (Å²) in [6, 6.07) is 0.364. The van der Waals surface area contributed by atoms with Crippen LogP contribution in [-0.4, -0.2) is 6.04 Å². The van der Waals surface area contributed by atoms with E-state index in [-0.39, 0.29) is 5.41 Å². The van der Waals surface area contributed by atoms with Crippen molar-refractivity contribution in [3.63, 3.8) is 0 Å². The molecule has 0 rings (SSSR count). The molecule has 1 nitrogen and oxygen atoms in total. The molecular formula is C23H49N. The van der Waals surface area contributed by atoms with Crippen LogP contribution in [0.5, 0.6) is 0 Å². The van der Waals surface area contributed by atoms with Crippen LogP contribution in [-0.2, 0) is 0 Å². The van der Waals surface area contributed by atoms with Gasteiger partial charge in [-0.15, -0.1) is 0 Å². The molecule has 0 aliphatic heterocycles. The molecule has 0 heterocycles. The van der Waals surface area contributed by atoms with Crippen molar-refractivity contribution in [1.82, 2.24) is 0 Å². The molecular weight excluding hydrogens is 290 g/mol. The summed E-state index contributed by atoms with van der Waals surface area (Å²) in [7, 11) is 0. The third-order valence-electron chi connectivity index (χ3n) is 6.34. The molecule has 0 aromatic carbocycles. The second-order valence-electron chi connectivity index (χ2n) is 8.80. The molecule has 1 heteroatoms. The molecule has 0 spiro atoms. The van der Waals surface area contributed by atoms with Crippen molar-refractivity contribution in [1.29, 1.82) is 0 Å². The molecule has 0 radical (unpaired) electrons. The Labute approximate surface area is 154 Å². The van der Waals surface area contributed by atoms with Crippen molar-refractivity contribution in [2.45, 2.75) is 137 Å². The van der Waals surface area contributed by atoms with Crippen molar-refractivity contribution >= 4 is 0 Å². The summed E-state index contributed by atoms with van der Waals surface area (Å²) in [5.74, 6) is 0.739. The Morgan fingerprint density at radius 2 is 1.00 bits per heavy atom. The maximum Gasteiger partial charge on any atom is 0.00928 e. The Bertz CT molecular complexity index is 259. The molecule has 24 heavy (non-hydrogen) atoms. The SMILES string of the molecule is CCCCCCCCCC(N)C(C)(C)C(C)CCCCCCCC. The fourth-order valence-corrected chi connectivity index (χ4v) is 3.66. The Morgan fingerprint density at radius 1 is 0.625 bits per heavy atom. The van der Waals surface area contributed by atoms with Crippen LogP contribution < -0.4 is 5.73 Å². The second-order valence-corrected chi connectivity index (χ2v) is 8.80. The highest BCUT2D eigenvalue weighted by Crippen LogP contribution is 2.35. The molecule has 0 saturated carbocycles. The van der Waals surface area contributed by atoms with Crippen LogP contribution >= 0.6 is 0 Å². The Kier molecular flexibility index (Phi) is 15.2. The lowest BCUT2D eigenvalue weighted by Gasteiger charge is -2.38. The van der Waals surface area contributed by atoms with Crippen LogP contribution in [0.4, 0.5) is 0 Å². The molecule has 0 aliphatic rings. The van der Waals surface area contributed by atoms with Gasteiger partial charge in [0.15, 0.2) is 0 Å². The van der Waals surface area contributed by atoms with Gasteiger partial charge < -0.3 is 5.73 Å². The molecule has 0 amide bonds. The van der Waals surface area contributed by atoms with Gasteiger partial charge in [0, 0.05) is 6.04 Å². The van der Waals surface area contributed by atoms with Gasteiger partial charge in [0.2, 0.25) is 0 Å². The maximum atomic E-state index is 6.58. The molecule has 2 N–H and O–H groups in total. The van der Waals surface area contributed by atoms with E-state index in [9.17, 15) is 0 Å². The van der Waals surface area contributed by atoms with Crippen LogP contribution in [0.3, 0.4) is 0 Å². The summed E-state index contributed by atoms with van der Waals surface area (Å²) in [5.41, 5.74) is 6.87. The van der Waals surface area contributed by atoms with Gasteiger partial charge in [-0.1, -0.05) is 125 Å². The van der Waals surface area contributed by atoms with Crippen LogP contribution in [0.1, 0.15) is 131 Å². The van der Waals surface area contributed by atoms with E-state index in [1.165, 1.54) is 96.3 Å². The van der Waals surface area contributed by atoms with Gasteiger partial charge in [-0.05, 0) is 17.8 Å². The average Bonchev–Trinajstić information content (AvgIpc) is 2.56. The third kappa shape index (κ3) is 11.5. The highest BCUT2D eigenvalue weighted by molar-refractivity contribution is 4.85. The van der Waals surface area contributed by atoms with Crippen LogP contribution in [0.15, 0.2) is 0 Å². The van der Waals surface area contributed by atoms with Crippen molar-refractivity contribution in [3.8, 4) is 0 Å². The topological polar surface area (TPSA) is 26.0 Å². The standard InChI is InChI=1S/C23H49N/c1-6-8-10-12-14-16-18-20-22(24)23(4,5)21(3)19-17-15-13-11-9-7-2/h21-22H,6-20,24H2,1-5H3. The zero-order valence-corrected chi connectivity index (χ0v) is 17.8. The summed E-state index contributed by atoms with van der Waals surface area (Å²) in [6.45, 7) is 11.8. The summed E-state index contributed by atoms with van der Waals surface area (Å²) < 4.78 is 0. The van der Waals surface area contributed by atoms with E-state index in [2.05, 4.69) is 34.6 Å². The first-order valence-electron chi connectivity index (χ1n) is 11.2. The first kappa shape index (κ1) is 24.0. The van der Waals surface area contributed by atoms with Gasteiger partial charge in [-0.25, -0.2) is 0 Å². The van der Waals surface area contributed by atoms with Crippen LogP contribution in [0, 0.1) is 11.3 Å². The maximum absolute atomic E-state index is 6.58. The molecule has 0 fully saturated rings. The van der Waals surface area contributed by atoms with Crippen molar-refractivity contribution in [2.75, 3.05) is 0 Å². The smallest absolute Gasteiger partial charge is 0.00928 e. The van der Waals surface area contributed by atoms with E-state index >= 15 is 0 Å². The summed E-state index contributed by atoms with van der Waals surface area (Å²) >= 11 is 0. The third-order valence-corrected chi connectivity index (χ3v) is 6.34. The molecule has 0 aliphatic carbocycles. The minimum absolute atomic E-state index is 0.283. The number of hydrogen-bond donors (Lipinski definition) is 1. The molecule has 2 atom stereocenters. The number of nitrogens with two attached hydrogens (primary N) is 1. The van der Waals surface area contributed by atoms with Crippen molar-refractivity contribution in [2.24, 2.45) is 17.1 Å². The van der Waals surface area contributed by atoms with Gasteiger partial charge in [0.25, 0.3) is 0 Å². The quantitative estimate of drug-likeness (QED) is 0.268. The minimum Gasteiger partial charge on any atom is -0.327 e. The lowest BCUT2D eigenvalue weighted by atomic mass is 9.71. The van der Waals surface area contributed by atoms with Gasteiger partial charge in [-0.2, -0.15) is 0 Å². The Morgan fingerprint density at radius 3 is 1.46 bits per heavy atom. The summed E-state index contributed by atoms with van der Waals surface area (Å²) in [4.78, 5) is 0. The van der Waals surface area contributed by atoms with Gasteiger partial charge in [0.05, 0.1) is 0 Å². The Balaban J connectivity index is 3.80. The zero-order chi connectivity index (χ0) is 18.3. The van der Waals surface area contributed by atoms with Crippen molar-refractivity contribution in [3.05, 3.63) is 0 Å². The van der Waals surface area contributed by atoms with Gasteiger partial charge in [0.1, 0.15) is 0 Å². The molecule has 2 unspecified atom stereocenters. The molecule has 0 bridgehead atoms. The van der Waals surface area contributed by atoms with E-state index in [1.807, 2.05) is 0 Å². The second kappa shape index (κ2) is 15.2. The highest BCUT2D eigenvalue weighted by Gasteiger charge is 2.31. The fourth-order valence-electron chi connectivity index (χ4n) is 3.66. The normalized spacial score (nSPS) is 14.8. The predicted molar refractivity (Wildman–Crippen MR) is 112 cm³/mol. The zero-order valence-electron chi connectivity index (χ0n) is 17.8. The number of unbranched alkanes of at least 4 members (excludes halogenated alkanes) is 11. The number of hydrogen-bond acceptors (Lipinski definition) is 1. The monoisotopic (exact) mass is 339 g/mol. The highest BCUT2D eigenvalue weighted by atomic mass is 14.7. The largest absolute Gasteiger partial charge is 0.327 e. The van der Waals surface area contributed by atoms with Crippen LogP contribution in [0.2, 0.25) is 0 Å². The first-order chi connectivity index (χ1) is 11.5. The fraction of sp³-hybridized carbons (Fsp3) is 1.00. The van der Waals surface area contributed by atoms with Crippen LogP contribution in [0.25, 0.3) is 0 Å². The lowest BCUT2D eigenvalue weighted by molar-refractivity contribution is 0.158. The minimum atomic E-state index is 0.283. The summed E-state index contributed by atoms with van der Waals surface area (Å²) in [6.07, 6.45) is 20.6. The van der Waals surface area contributed by atoms with E-state index < -0.39 is 0 Å². The molecule has 0 saturated heterocycles. The van der Waals surface area contributed by atoms with E-state index in [4.69, 9.17) is 5.73 Å². The summed E-state index contributed by atoms with van der Waals surface area (Å²) in [5, 5.41) is 0.